The third-order valence-corrected chi connectivity index (χ3v) is 12.9. The molecule has 0 spiro atoms. The number of hydrogen-bond donors (Lipinski definition) is 0. The van der Waals surface area contributed by atoms with Crippen LogP contribution in [-0.2, 0) is 5.41 Å². The zero-order valence-electron chi connectivity index (χ0n) is 35.0. The molecule has 294 valence electrons. The summed E-state index contributed by atoms with van der Waals surface area (Å²) in [5.74, 6) is 0. The third kappa shape index (κ3) is 6.33. The fourth-order valence-corrected chi connectivity index (χ4v) is 9.88. The molecule has 0 bridgehead atoms. The molecule has 0 N–H and O–H groups in total. The predicted molar refractivity (Wildman–Crippen MR) is 263 cm³/mol. The molecule has 1 heteroatoms. The lowest BCUT2D eigenvalue weighted by Gasteiger charge is -2.32. The van der Waals surface area contributed by atoms with Crippen molar-refractivity contribution in [1.29, 1.82) is 0 Å². The molecular weight excluding hydrogens is 747 g/mol. The maximum absolute atomic E-state index is 2.52. The van der Waals surface area contributed by atoms with Gasteiger partial charge in [0.1, 0.15) is 0 Å². The highest BCUT2D eigenvalue weighted by Crippen LogP contribution is 2.52. The molecule has 0 unspecified atom stereocenters. The summed E-state index contributed by atoms with van der Waals surface area (Å²) in [6.45, 7) is 4.73. The molecule has 0 aromatic heterocycles. The number of fused-ring (bicyclic) bond motifs is 4. The second-order valence-corrected chi connectivity index (χ2v) is 16.8. The molecule has 1 aliphatic carbocycles. The summed E-state index contributed by atoms with van der Waals surface area (Å²) in [6, 6.07) is 86.7. The van der Waals surface area contributed by atoms with E-state index in [9.17, 15) is 0 Å². The van der Waals surface area contributed by atoms with Gasteiger partial charge < -0.3 is 4.90 Å². The van der Waals surface area contributed by atoms with Crippen molar-refractivity contribution in [3.63, 3.8) is 0 Å². The molecule has 0 atom stereocenters. The zero-order chi connectivity index (χ0) is 41.6. The molecule has 0 fully saturated rings. The second-order valence-electron chi connectivity index (χ2n) is 16.8. The molecule has 0 heterocycles. The van der Waals surface area contributed by atoms with Gasteiger partial charge in [0, 0.05) is 22.1 Å². The van der Waals surface area contributed by atoms with Gasteiger partial charge in [-0.15, -0.1) is 0 Å². The van der Waals surface area contributed by atoms with Gasteiger partial charge in [-0.1, -0.05) is 226 Å². The molecule has 10 aromatic carbocycles. The van der Waals surface area contributed by atoms with E-state index in [4.69, 9.17) is 0 Å². The Hall–Kier alpha value is -7.74. The van der Waals surface area contributed by atoms with E-state index in [2.05, 4.69) is 255 Å². The van der Waals surface area contributed by atoms with Crippen molar-refractivity contribution in [3.8, 4) is 66.8 Å². The Labute approximate surface area is 364 Å². The fourth-order valence-electron chi connectivity index (χ4n) is 9.88. The van der Waals surface area contributed by atoms with E-state index in [1.54, 1.807) is 0 Å². The number of para-hydroxylation sites is 3. The van der Waals surface area contributed by atoms with Gasteiger partial charge in [0.05, 0.1) is 17.1 Å². The SMILES string of the molecule is CC1(C)c2ccccc2-c2ccc(-c3ccccc3N(c3ccccc3-c3ccc(-c4ccccc4)cc3)c3ccccc3-c3cccc4cccc(-c5ccccc5)c34)cc21. The van der Waals surface area contributed by atoms with E-state index in [-0.39, 0.29) is 5.41 Å². The lowest BCUT2D eigenvalue weighted by Crippen LogP contribution is -2.15. The minimum atomic E-state index is -0.119. The van der Waals surface area contributed by atoms with Crippen molar-refractivity contribution >= 4 is 27.8 Å². The highest BCUT2D eigenvalue weighted by molar-refractivity contribution is 6.09. The van der Waals surface area contributed by atoms with Gasteiger partial charge in [-0.05, 0) is 96.2 Å². The molecule has 10 aromatic rings. The highest BCUT2D eigenvalue weighted by Gasteiger charge is 2.35. The van der Waals surface area contributed by atoms with Crippen molar-refractivity contribution in [1.82, 2.24) is 0 Å². The van der Waals surface area contributed by atoms with Crippen LogP contribution in [0.5, 0.6) is 0 Å². The number of anilines is 3. The van der Waals surface area contributed by atoms with E-state index in [0.717, 1.165) is 33.8 Å². The van der Waals surface area contributed by atoms with Crippen molar-refractivity contribution < 1.29 is 0 Å². The third-order valence-electron chi connectivity index (χ3n) is 12.9. The number of nitrogens with zero attached hydrogens (tertiary/aromatic N) is 1. The molecule has 0 amide bonds. The normalized spacial score (nSPS) is 12.5. The fraction of sp³-hybridized carbons (Fsp3) is 0.0492. The molecule has 0 radical (unpaired) electrons. The molecular formula is C61H45N. The van der Waals surface area contributed by atoms with Gasteiger partial charge in [0.15, 0.2) is 0 Å². The van der Waals surface area contributed by atoms with Crippen LogP contribution in [0.1, 0.15) is 25.0 Å². The molecule has 0 saturated heterocycles. The predicted octanol–water partition coefficient (Wildman–Crippen LogP) is 17.0. The van der Waals surface area contributed by atoms with E-state index < -0.39 is 0 Å². The van der Waals surface area contributed by atoms with E-state index >= 15 is 0 Å². The maximum atomic E-state index is 2.52. The van der Waals surface area contributed by atoms with Crippen LogP contribution in [0.3, 0.4) is 0 Å². The lowest BCUT2D eigenvalue weighted by molar-refractivity contribution is 0.660. The Balaban J connectivity index is 1.15. The van der Waals surface area contributed by atoms with Crippen molar-refractivity contribution in [2.45, 2.75) is 19.3 Å². The quantitative estimate of drug-likeness (QED) is 0.148. The van der Waals surface area contributed by atoms with Gasteiger partial charge in [-0.3, -0.25) is 0 Å². The largest absolute Gasteiger partial charge is 0.309 e. The standard InChI is InChI=1S/C61H45N/c1-61(2)55-31-13-9-27-51(55)52-40-39-47(41-56(52)61)49-26-11-15-33-58(49)62(57-32-14-10-25-48(57)45-37-35-43(36-38-45)42-19-5-3-6-20-42)59-34-16-12-28-53(59)54-30-18-24-46-23-17-29-50(60(46)54)44-21-7-4-8-22-44/h3-41H,1-2H3. The highest BCUT2D eigenvalue weighted by atomic mass is 15.1. The Morgan fingerprint density at radius 2 is 0.694 bits per heavy atom. The van der Waals surface area contributed by atoms with Crippen LogP contribution in [0.15, 0.2) is 237 Å². The number of rotatable bonds is 8. The first kappa shape index (κ1) is 37.3. The average molecular weight is 792 g/mol. The van der Waals surface area contributed by atoms with E-state index in [0.29, 0.717) is 0 Å². The van der Waals surface area contributed by atoms with Crippen LogP contribution in [0.2, 0.25) is 0 Å². The first-order valence-electron chi connectivity index (χ1n) is 21.6. The van der Waals surface area contributed by atoms with Crippen LogP contribution in [0.25, 0.3) is 77.5 Å². The van der Waals surface area contributed by atoms with E-state index in [1.165, 1.54) is 72.0 Å². The van der Waals surface area contributed by atoms with Crippen molar-refractivity contribution in [3.05, 3.63) is 248 Å². The van der Waals surface area contributed by atoms with E-state index in [1.807, 2.05) is 0 Å². The minimum Gasteiger partial charge on any atom is -0.309 e. The van der Waals surface area contributed by atoms with Gasteiger partial charge in [-0.25, -0.2) is 0 Å². The summed E-state index contributed by atoms with van der Waals surface area (Å²) in [5.41, 5.74) is 20.5. The Morgan fingerprint density at radius 3 is 1.35 bits per heavy atom. The van der Waals surface area contributed by atoms with Gasteiger partial charge >= 0.3 is 0 Å². The summed E-state index contributed by atoms with van der Waals surface area (Å²) in [7, 11) is 0. The lowest BCUT2D eigenvalue weighted by atomic mass is 9.81. The first-order valence-corrected chi connectivity index (χ1v) is 21.6. The van der Waals surface area contributed by atoms with Crippen molar-refractivity contribution in [2.75, 3.05) is 4.90 Å². The van der Waals surface area contributed by atoms with Crippen LogP contribution in [0.4, 0.5) is 17.1 Å². The monoisotopic (exact) mass is 791 g/mol. The van der Waals surface area contributed by atoms with Crippen LogP contribution < -0.4 is 4.90 Å². The minimum absolute atomic E-state index is 0.119. The number of benzene rings is 10. The molecule has 0 aliphatic heterocycles. The first-order chi connectivity index (χ1) is 30.5. The summed E-state index contributed by atoms with van der Waals surface area (Å²) >= 11 is 0. The van der Waals surface area contributed by atoms with Gasteiger partial charge in [0.2, 0.25) is 0 Å². The topological polar surface area (TPSA) is 3.24 Å². The summed E-state index contributed by atoms with van der Waals surface area (Å²) < 4.78 is 0. The smallest absolute Gasteiger partial charge is 0.0540 e. The van der Waals surface area contributed by atoms with Gasteiger partial charge in [-0.2, -0.15) is 0 Å². The summed E-state index contributed by atoms with van der Waals surface area (Å²) in [6.07, 6.45) is 0. The van der Waals surface area contributed by atoms with Crippen LogP contribution >= 0.6 is 0 Å². The molecule has 11 rings (SSSR count). The molecule has 1 aliphatic rings. The van der Waals surface area contributed by atoms with Crippen molar-refractivity contribution in [2.24, 2.45) is 0 Å². The average Bonchev–Trinajstić information content (AvgIpc) is 3.57. The summed E-state index contributed by atoms with van der Waals surface area (Å²) in [4.78, 5) is 2.52. The Bertz CT molecular complexity index is 3240. The van der Waals surface area contributed by atoms with Crippen LogP contribution in [0, 0.1) is 0 Å². The molecule has 1 nitrogen and oxygen atoms in total. The Kier molecular flexibility index (Phi) is 9.24. The van der Waals surface area contributed by atoms with Crippen LogP contribution in [-0.4, -0.2) is 0 Å². The number of hydrogen-bond acceptors (Lipinski definition) is 1. The Morgan fingerprint density at radius 1 is 0.274 bits per heavy atom. The van der Waals surface area contributed by atoms with Gasteiger partial charge in [0.25, 0.3) is 0 Å². The molecule has 0 saturated carbocycles. The summed E-state index contributed by atoms with van der Waals surface area (Å²) in [5, 5.41) is 2.46. The molecule has 62 heavy (non-hydrogen) atoms. The second kappa shape index (κ2) is 15.4. The maximum Gasteiger partial charge on any atom is 0.0540 e. The zero-order valence-corrected chi connectivity index (χ0v) is 35.0.